The normalized spacial score (nSPS) is 11.1. The molecule has 5 heteroatoms. The van der Waals surface area contributed by atoms with Crippen molar-refractivity contribution >= 4 is 17.3 Å². The number of allylic oxidation sites excluding steroid dienone is 2. The van der Waals surface area contributed by atoms with Gasteiger partial charge in [-0.2, -0.15) is 0 Å². The third kappa shape index (κ3) is 3.41. The Balaban J connectivity index is 3.05. The molecule has 0 radical (unpaired) electrons. The zero-order valence-corrected chi connectivity index (χ0v) is 10.0. The maximum Gasteiger partial charge on any atom is 0.221 e. The molecule has 0 saturated heterocycles. The summed E-state index contributed by atoms with van der Waals surface area (Å²) in [4.78, 5) is 10.9. The van der Waals surface area contributed by atoms with Crippen molar-refractivity contribution in [3.05, 3.63) is 23.9 Å². The molecule has 0 atom stereocenters. The molecule has 1 amide bonds. The topological polar surface area (TPSA) is 81.6 Å². The van der Waals surface area contributed by atoms with Crippen LogP contribution in [0.25, 0.3) is 0 Å². The van der Waals surface area contributed by atoms with Crippen LogP contribution in [0.15, 0.2) is 23.9 Å². The van der Waals surface area contributed by atoms with Crippen LogP contribution in [0.2, 0.25) is 0 Å². The van der Waals surface area contributed by atoms with Crippen LogP contribution in [-0.2, 0) is 4.79 Å². The molecule has 0 bridgehead atoms. The first-order valence-electron chi connectivity index (χ1n) is 5.17. The molecule has 0 saturated carbocycles. The minimum Gasteiger partial charge on any atom is -0.506 e. The van der Waals surface area contributed by atoms with Crippen molar-refractivity contribution in [1.29, 1.82) is 0 Å². The molecule has 0 heterocycles. The number of benzene rings is 1. The average molecular weight is 236 g/mol. The highest BCUT2D eigenvalue weighted by Gasteiger charge is 2.09. The molecule has 0 aliphatic heterocycles. The zero-order chi connectivity index (χ0) is 13.0. The van der Waals surface area contributed by atoms with Crippen molar-refractivity contribution in [2.45, 2.75) is 20.8 Å². The number of anilines is 2. The molecule has 4 N–H and O–H groups in total. The lowest BCUT2D eigenvalue weighted by atomic mass is 10.2. The van der Waals surface area contributed by atoms with Crippen LogP contribution >= 0.6 is 0 Å². The van der Waals surface area contributed by atoms with E-state index in [9.17, 15) is 15.0 Å². The van der Waals surface area contributed by atoms with Crippen LogP contribution in [0.3, 0.4) is 0 Å². The highest BCUT2D eigenvalue weighted by atomic mass is 16.3. The van der Waals surface area contributed by atoms with Gasteiger partial charge in [0.2, 0.25) is 5.91 Å². The summed E-state index contributed by atoms with van der Waals surface area (Å²) in [6.45, 7) is 5.01. The summed E-state index contributed by atoms with van der Waals surface area (Å²) in [5.41, 5.74) is 1.40. The van der Waals surface area contributed by atoms with Crippen molar-refractivity contribution in [2.75, 3.05) is 10.6 Å². The fraction of sp³-hybridized carbons (Fsp3) is 0.250. The van der Waals surface area contributed by atoms with Crippen molar-refractivity contribution < 1.29 is 15.0 Å². The highest BCUT2D eigenvalue weighted by Crippen LogP contribution is 2.35. The first-order valence-corrected chi connectivity index (χ1v) is 5.17. The lowest BCUT2D eigenvalue weighted by Crippen LogP contribution is -2.06. The van der Waals surface area contributed by atoms with Crippen LogP contribution in [0, 0.1) is 0 Å². The quantitative estimate of drug-likeness (QED) is 0.480. The number of phenols is 2. The second-order valence-corrected chi connectivity index (χ2v) is 3.66. The van der Waals surface area contributed by atoms with Gasteiger partial charge in [0.15, 0.2) is 0 Å². The molecule has 0 unspecified atom stereocenters. The van der Waals surface area contributed by atoms with E-state index in [1.807, 2.05) is 19.9 Å². The first kappa shape index (κ1) is 12.9. The number of carbonyl (C=O) groups excluding carboxylic acids is 1. The van der Waals surface area contributed by atoms with E-state index in [-0.39, 0.29) is 23.1 Å². The Morgan fingerprint density at radius 2 is 1.59 bits per heavy atom. The van der Waals surface area contributed by atoms with Gasteiger partial charge in [-0.1, -0.05) is 6.08 Å². The molecule has 0 spiro atoms. The number of carbonyl (C=O) groups is 1. The van der Waals surface area contributed by atoms with Crippen molar-refractivity contribution in [3.8, 4) is 11.5 Å². The molecule has 1 rings (SSSR count). The van der Waals surface area contributed by atoms with Crippen molar-refractivity contribution in [1.82, 2.24) is 0 Å². The fourth-order valence-corrected chi connectivity index (χ4v) is 1.25. The lowest BCUT2D eigenvalue weighted by molar-refractivity contribution is -0.114. The van der Waals surface area contributed by atoms with E-state index in [1.165, 1.54) is 19.1 Å². The van der Waals surface area contributed by atoms with Gasteiger partial charge in [0, 0.05) is 24.8 Å². The first-order chi connectivity index (χ1) is 7.93. The smallest absolute Gasteiger partial charge is 0.221 e. The van der Waals surface area contributed by atoms with E-state index in [2.05, 4.69) is 10.6 Å². The Labute approximate surface area is 99.8 Å². The van der Waals surface area contributed by atoms with Gasteiger partial charge < -0.3 is 20.8 Å². The largest absolute Gasteiger partial charge is 0.506 e. The van der Waals surface area contributed by atoms with Crippen LogP contribution in [-0.4, -0.2) is 16.1 Å². The van der Waals surface area contributed by atoms with Gasteiger partial charge in [-0.3, -0.25) is 4.79 Å². The lowest BCUT2D eigenvalue weighted by Gasteiger charge is -2.12. The highest BCUT2D eigenvalue weighted by molar-refractivity contribution is 5.91. The third-order valence-corrected chi connectivity index (χ3v) is 2.19. The van der Waals surface area contributed by atoms with Gasteiger partial charge in [0.1, 0.15) is 11.5 Å². The van der Waals surface area contributed by atoms with Crippen LogP contribution in [0.4, 0.5) is 11.4 Å². The Bertz CT molecular complexity index is 467. The Morgan fingerprint density at radius 3 is 2.00 bits per heavy atom. The molecule has 17 heavy (non-hydrogen) atoms. The van der Waals surface area contributed by atoms with Gasteiger partial charge >= 0.3 is 0 Å². The fourth-order valence-electron chi connectivity index (χ4n) is 1.25. The maximum absolute atomic E-state index is 10.9. The molecular weight excluding hydrogens is 220 g/mol. The van der Waals surface area contributed by atoms with E-state index in [0.717, 1.165) is 5.70 Å². The monoisotopic (exact) mass is 236 g/mol. The Hall–Kier alpha value is -2.17. The standard InChI is InChI=1S/C12H16N2O3/c1-4-7(2)13-9-5-12(17)10(6-11(9)16)14-8(3)15/h4-6,13,16-17H,1-3H3,(H,14,15)/b7-4-. The van der Waals surface area contributed by atoms with Gasteiger partial charge in [0.05, 0.1) is 11.4 Å². The van der Waals surface area contributed by atoms with E-state index < -0.39 is 0 Å². The second-order valence-electron chi connectivity index (χ2n) is 3.66. The minimum atomic E-state index is -0.315. The van der Waals surface area contributed by atoms with Gasteiger partial charge in [0.25, 0.3) is 0 Å². The summed E-state index contributed by atoms with van der Waals surface area (Å²) in [5, 5.41) is 24.7. The Kier molecular flexibility index (Phi) is 3.98. The molecule has 0 fully saturated rings. The molecule has 92 valence electrons. The number of hydrogen-bond acceptors (Lipinski definition) is 4. The van der Waals surface area contributed by atoms with Crippen LogP contribution < -0.4 is 10.6 Å². The van der Waals surface area contributed by atoms with Crippen LogP contribution in [0.5, 0.6) is 11.5 Å². The maximum atomic E-state index is 10.9. The summed E-state index contributed by atoms with van der Waals surface area (Å²) in [6, 6.07) is 2.65. The number of hydrogen-bond donors (Lipinski definition) is 4. The molecule has 1 aromatic carbocycles. The van der Waals surface area contributed by atoms with Crippen LogP contribution in [0.1, 0.15) is 20.8 Å². The van der Waals surface area contributed by atoms with Gasteiger partial charge in [-0.15, -0.1) is 0 Å². The molecule has 0 aromatic heterocycles. The Morgan fingerprint density at radius 1 is 1.12 bits per heavy atom. The van der Waals surface area contributed by atoms with Gasteiger partial charge in [-0.25, -0.2) is 0 Å². The summed E-state index contributed by atoms with van der Waals surface area (Å²) >= 11 is 0. The SMILES string of the molecule is C/C=C(/C)Nc1cc(O)c(NC(C)=O)cc1O. The van der Waals surface area contributed by atoms with E-state index in [0.29, 0.717) is 5.69 Å². The predicted octanol–water partition coefficient (Wildman–Crippen LogP) is 2.39. The molecule has 1 aromatic rings. The summed E-state index contributed by atoms with van der Waals surface area (Å²) < 4.78 is 0. The van der Waals surface area contributed by atoms with Crippen molar-refractivity contribution in [3.63, 3.8) is 0 Å². The molecule has 5 nitrogen and oxygen atoms in total. The average Bonchev–Trinajstić information content (AvgIpc) is 2.24. The molecule has 0 aliphatic rings. The minimum absolute atomic E-state index is 0.0484. The second kappa shape index (κ2) is 5.25. The number of amides is 1. The van der Waals surface area contributed by atoms with E-state index in [1.54, 1.807) is 0 Å². The molecule has 0 aliphatic carbocycles. The summed E-state index contributed by atoms with van der Waals surface area (Å²) in [6.07, 6.45) is 1.83. The zero-order valence-electron chi connectivity index (χ0n) is 10.0. The summed E-state index contributed by atoms with van der Waals surface area (Å²) in [5.74, 6) is -0.470. The third-order valence-electron chi connectivity index (χ3n) is 2.19. The number of rotatable bonds is 3. The number of nitrogens with one attached hydrogen (secondary N) is 2. The van der Waals surface area contributed by atoms with Crippen molar-refractivity contribution in [2.24, 2.45) is 0 Å². The number of aromatic hydroxyl groups is 2. The summed E-state index contributed by atoms with van der Waals surface area (Å²) in [7, 11) is 0. The molecular formula is C12H16N2O3. The van der Waals surface area contributed by atoms with E-state index in [4.69, 9.17) is 0 Å². The predicted molar refractivity (Wildman–Crippen MR) is 67.1 cm³/mol. The number of phenolic OH excluding ortho intramolecular Hbond substituents is 2. The van der Waals surface area contributed by atoms with E-state index >= 15 is 0 Å². The van der Waals surface area contributed by atoms with Gasteiger partial charge in [-0.05, 0) is 13.8 Å².